The normalized spacial score (nSPS) is 16.0. The molecular weight excluding hydrogens is 335 g/mol. The van der Waals surface area contributed by atoms with Gasteiger partial charge >= 0.3 is 0 Å². The van der Waals surface area contributed by atoms with Crippen LogP contribution in [0, 0.1) is 5.82 Å². The third-order valence-corrected chi connectivity index (χ3v) is 4.38. The van der Waals surface area contributed by atoms with Gasteiger partial charge in [-0.15, -0.1) is 0 Å². The van der Waals surface area contributed by atoms with Gasteiger partial charge in [-0.3, -0.25) is 9.59 Å². The number of hydrogen-bond acceptors (Lipinski definition) is 3. The molecule has 6 heteroatoms. The Morgan fingerprint density at radius 3 is 2.62 bits per heavy atom. The molecule has 3 rings (SSSR count). The highest BCUT2D eigenvalue weighted by Crippen LogP contribution is 2.33. The number of anilines is 1. The van der Waals surface area contributed by atoms with E-state index in [1.54, 1.807) is 35.9 Å². The van der Waals surface area contributed by atoms with Crippen LogP contribution in [-0.2, 0) is 16.1 Å². The van der Waals surface area contributed by atoms with Gasteiger partial charge in [-0.1, -0.05) is 24.3 Å². The molecule has 1 aliphatic rings. The number of carbonyl (C=O) groups excluding carboxylic acids is 2. The van der Waals surface area contributed by atoms with Crippen LogP contribution in [-0.4, -0.2) is 36.4 Å². The van der Waals surface area contributed by atoms with Gasteiger partial charge in [0.25, 0.3) is 5.91 Å². The molecule has 0 radical (unpaired) electrons. The van der Waals surface area contributed by atoms with E-state index in [4.69, 9.17) is 4.74 Å². The van der Waals surface area contributed by atoms with E-state index in [2.05, 4.69) is 0 Å². The van der Waals surface area contributed by atoms with Gasteiger partial charge in [0.05, 0.1) is 5.69 Å². The first-order chi connectivity index (χ1) is 12.5. The number of benzene rings is 2. The fraction of sp³-hybridized carbons (Fsp3) is 0.300. The molecule has 26 heavy (non-hydrogen) atoms. The SMILES string of the molecule is C[C@@H]1Oc2ccccc2N(CCC(=O)N(C)Cc2ccc(F)cc2)C1=O. The van der Waals surface area contributed by atoms with Crippen molar-refractivity contribution in [2.75, 3.05) is 18.5 Å². The van der Waals surface area contributed by atoms with Gasteiger partial charge in [0, 0.05) is 26.6 Å². The molecule has 0 N–H and O–H groups in total. The fourth-order valence-corrected chi connectivity index (χ4v) is 2.94. The number of carbonyl (C=O) groups is 2. The zero-order valence-corrected chi connectivity index (χ0v) is 14.8. The molecule has 2 aromatic rings. The summed E-state index contributed by atoms with van der Waals surface area (Å²) in [7, 11) is 1.70. The van der Waals surface area contributed by atoms with Gasteiger partial charge in [0.2, 0.25) is 5.91 Å². The number of nitrogens with zero attached hydrogens (tertiary/aromatic N) is 2. The fourth-order valence-electron chi connectivity index (χ4n) is 2.94. The number of halogens is 1. The summed E-state index contributed by atoms with van der Waals surface area (Å²) < 4.78 is 18.6. The Labute approximate surface area is 152 Å². The zero-order valence-electron chi connectivity index (χ0n) is 14.8. The number of hydrogen-bond donors (Lipinski definition) is 0. The van der Waals surface area contributed by atoms with Gasteiger partial charge in [-0.05, 0) is 36.8 Å². The van der Waals surface area contributed by atoms with Gasteiger partial charge in [0.1, 0.15) is 11.6 Å². The maximum absolute atomic E-state index is 13.0. The van der Waals surface area contributed by atoms with Crippen molar-refractivity contribution < 1.29 is 18.7 Å². The molecule has 0 saturated heterocycles. The standard InChI is InChI=1S/C20H21FN2O3/c1-14-20(25)23(17-5-3-4-6-18(17)26-14)12-11-19(24)22(2)13-15-7-9-16(21)10-8-15/h3-10,14H,11-13H2,1-2H3/t14-/m0/s1. The molecule has 2 aromatic carbocycles. The summed E-state index contributed by atoms with van der Waals surface area (Å²) in [6.45, 7) is 2.38. The van der Waals surface area contributed by atoms with Crippen LogP contribution in [0.4, 0.5) is 10.1 Å². The zero-order chi connectivity index (χ0) is 18.7. The molecule has 0 spiro atoms. The molecule has 0 aliphatic carbocycles. The Bertz CT molecular complexity index is 807. The molecule has 0 unspecified atom stereocenters. The highest BCUT2D eigenvalue weighted by molar-refractivity contribution is 6.00. The van der Waals surface area contributed by atoms with Crippen LogP contribution in [0.2, 0.25) is 0 Å². The monoisotopic (exact) mass is 356 g/mol. The smallest absolute Gasteiger partial charge is 0.267 e. The lowest BCUT2D eigenvalue weighted by atomic mass is 10.1. The first-order valence-corrected chi connectivity index (χ1v) is 8.51. The highest BCUT2D eigenvalue weighted by Gasteiger charge is 2.31. The Kier molecular flexibility index (Phi) is 5.21. The summed E-state index contributed by atoms with van der Waals surface area (Å²) in [6.07, 6.45) is -0.373. The van der Waals surface area contributed by atoms with E-state index in [0.29, 0.717) is 18.0 Å². The molecule has 2 amide bonds. The van der Waals surface area contributed by atoms with Gasteiger partial charge in [0.15, 0.2) is 6.10 Å². The molecular formula is C20H21FN2O3. The average molecular weight is 356 g/mol. The first kappa shape index (κ1) is 17.9. The Balaban J connectivity index is 1.63. The van der Waals surface area contributed by atoms with E-state index >= 15 is 0 Å². The maximum atomic E-state index is 13.0. The Morgan fingerprint density at radius 1 is 1.19 bits per heavy atom. The largest absolute Gasteiger partial charge is 0.479 e. The van der Waals surface area contributed by atoms with Crippen molar-refractivity contribution in [3.63, 3.8) is 0 Å². The average Bonchev–Trinajstić information content (AvgIpc) is 2.63. The number of amides is 2. The van der Waals surface area contributed by atoms with Crippen LogP contribution >= 0.6 is 0 Å². The van der Waals surface area contributed by atoms with E-state index in [-0.39, 0.29) is 30.6 Å². The predicted octanol–water partition coefficient (Wildman–Crippen LogP) is 2.99. The lowest BCUT2D eigenvalue weighted by Gasteiger charge is -2.33. The molecule has 1 heterocycles. The quantitative estimate of drug-likeness (QED) is 0.828. The summed E-state index contributed by atoms with van der Waals surface area (Å²) in [4.78, 5) is 28.1. The number of para-hydroxylation sites is 2. The van der Waals surface area contributed by atoms with Crippen LogP contribution in [0.3, 0.4) is 0 Å². The van der Waals surface area contributed by atoms with Gasteiger partial charge < -0.3 is 14.5 Å². The van der Waals surface area contributed by atoms with Crippen molar-refractivity contribution in [1.82, 2.24) is 4.90 Å². The van der Waals surface area contributed by atoms with Crippen molar-refractivity contribution in [1.29, 1.82) is 0 Å². The third kappa shape index (κ3) is 3.85. The van der Waals surface area contributed by atoms with Crippen LogP contribution in [0.5, 0.6) is 5.75 Å². The van der Waals surface area contributed by atoms with E-state index in [1.807, 2.05) is 24.3 Å². The molecule has 0 saturated carbocycles. The van der Waals surface area contributed by atoms with Crippen molar-refractivity contribution >= 4 is 17.5 Å². The molecule has 5 nitrogen and oxygen atoms in total. The van der Waals surface area contributed by atoms with Crippen molar-refractivity contribution in [2.24, 2.45) is 0 Å². The van der Waals surface area contributed by atoms with Crippen molar-refractivity contribution in [2.45, 2.75) is 26.0 Å². The first-order valence-electron chi connectivity index (χ1n) is 8.51. The summed E-state index contributed by atoms with van der Waals surface area (Å²) >= 11 is 0. The summed E-state index contributed by atoms with van der Waals surface area (Å²) in [6, 6.07) is 13.4. The van der Waals surface area contributed by atoms with Crippen LogP contribution in [0.25, 0.3) is 0 Å². The number of rotatable bonds is 5. The van der Waals surface area contributed by atoms with Crippen LogP contribution in [0.1, 0.15) is 18.9 Å². The summed E-state index contributed by atoms with van der Waals surface area (Å²) in [5.41, 5.74) is 1.54. The molecule has 0 bridgehead atoms. The second kappa shape index (κ2) is 7.56. The van der Waals surface area contributed by atoms with E-state index in [1.165, 1.54) is 12.1 Å². The Morgan fingerprint density at radius 2 is 1.88 bits per heavy atom. The molecule has 0 fully saturated rings. The number of fused-ring (bicyclic) bond motifs is 1. The lowest BCUT2D eigenvalue weighted by molar-refractivity contribution is -0.130. The molecule has 136 valence electrons. The minimum absolute atomic E-state index is 0.0845. The van der Waals surface area contributed by atoms with Gasteiger partial charge in [-0.25, -0.2) is 4.39 Å². The second-order valence-electron chi connectivity index (χ2n) is 6.34. The van der Waals surface area contributed by atoms with E-state index in [9.17, 15) is 14.0 Å². The van der Waals surface area contributed by atoms with E-state index < -0.39 is 6.10 Å². The van der Waals surface area contributed by atoms with Gasteiger partial charge in [-0.2, -0.15) is 0 Å². The minimum atomic E-state index is -0.572. The van der Waals surface area contributed by atoms with E-state index in [0.717, 1.165) is 5.56 Å². The molecule has 1 aliphatic heterocycles. The molecule has 0 aromatic heterocycles. The maximum Gasteiger partial charge on any atom is 0.267 e. The number of ether oxygens (including phenoxy) is 1. The Hall–Kier alpha value is -2.89. The van der Waals surface area contributed by atoms with Crippen molar-refractivity contribution in [3.8, 4) is 5.75 Å². The minimum Gasteiger partial charge on any atom is -0.479 e. The third-order valence-electron chi connectivity index (χ3n) is 4.38. The topological polar surface area (TPSA) is 49.9 Å². The summed E-state index contributed by atoms with van der Waals surface area (Å²) in [5.74, 6) is 0.101. The highest BCUT2D eigenvalue weighted by atomic mass is 19.1. The second-order valence-corrected chi connectivity index (χ2v) is 6.34. The molecule has 1 atom stereocenters. The lowest BCUT2D eigenvalue weighted by Crippen LogP contribution is -2.45. The van der Waals surface area contributed by atoms with Crippen LogP contribution < -0.4 is 9.64 Å². The van der Waals surface area contributed by atoms with Crippen molar-refractivity contribution in [3.05, 3.63) is 59.9 Å². The summed E-state index contributed by atoms with van der Waals surface area (Å²) in [5, 5.41) is 0. The predicted molar refractivity (Wildman–Crippen MR) is 96.4 cm³/mol. The van der Waals surface area contributed by atoms with Crippen LogP contribution in [0.15, 0.2) is 48.5 Å².